The molecule has 3 heterocycles. The molecule has 146 valence electrons. The van der Waals surface area contributed by atoms with Crippen molar-refractivity contribution in [1.82, 2.24) is 9.29 Å². The molecule has 0 saturated heterocycles. The fourth-order valence-corrected chi connectivity index (χ4v) is 5.45. The average molecular weight is 419 g/mol. The number of furan rings is 1. The molecule has 1 N–H and O–H groups in total. The molecule has 0 atom stereocenters. The van der Waals surface area contributed by atoms with Gasteiger partial charge >= 0.3 is 0 Å². The summed E-state index contributed by atoms with van der Waals surface area (Å²) in [5, 5.41) is 3.12. The van der Waals surface area contributed by atoms with Gasteiger partial charge in [-0.05, 0) is 24.3 Å². The van der Waals surface area contributed by atoms with Crippen molar-refractivity contribution in [2.24, 2.45) is 0 Å². The van der Waals surface area contributed by atoms with Crippen molar-refractivity contribution >= 4 is 32.4 Å². The summed E-state index contributed by atoms with van der Waals surface area (Å²) in [5.41, 5.74) is 0.803. The molecule has 4 rings (SSSR count). The molecule has 8 nitrogen and oxygen atoms in total. The van der Waals surface area contributed by atoms with Gasteiger partial charge in [-0.2, -0.15) is 4.31 Å². The molecular weight excluding hydrogens is 402 g/mol. The maximum atomic E-state index is 13.0. The van der Waals surface area contributed by atoms with Crippen molar-refractivity contribution in [1.29, 1.82) is 0 Å². The standard InChI is InChI=1S/C18H17N3O5S2/c1-25-12-4-2-5-13(10-12)28(23,24)21-8-7-14-16(11-21)27-18(19-14)20-17(22)15-6-3-9-26-15/h2-6,9-10H,7-8,11H2,1H3,(H,19,20,22). The van der Waals surface area contributed by atoms with Gasteiger partial charge < -0.3 is 9.15 Å². The summed E-state index contributed by atoms with van der Waals surface area (Å²) in [5.74, 6) is 0.284. The van der Waals surface area contributed by atoms with E-state index in [1.54, 1.807) is 30.3 Å². The lowest BCUT2D eigenvalue weighted by atomic mass is 10.2. The Kier molecular flexibility index (Phi) is 4.92. The number of anilines is 1. The molecule has 0 radical (unpaired) electrons. The summed E-state index contributed by atoms with van der Waals surface area (Å²) in [7, 11) is -2.16. The minimum Gasteiger partial charge on any atom is -0.497 e. The van der Waals surface area contributed by atoms with Crippen LogP contribution in [-0.4, -0.2) is 37.3 Å². The van der Waals surface area contributed by atoms with E-state index in [9.17, 15) is 13.2 Å². The minimum atomic E-state index is -3.66. The Bertz CT molecular complexity index is 1110. The van der Waals surface area contributed by atoms with Crippen molar-refractivity contribution in [2.45, 2.75) is 17.9 Å². The largest absolute Gasteiger partial charge is 0.497 e. The quantitative estimate of drug-likeness (QED) is 0.682. The van der Waals surface area contributed by atoms with E-state index in [1.807, 2.05) is 0 Å². The Morgan fingerprint density at radius 2 is 2.18 bits per heavy atom. The van der Waals surface area contributed by atoms with Gasteiger partial charge in [-0.15, -0.1) is 11.3 Å². The van der Waals surface area contributed by atoms with Gasteiger partial charge in [0, 0.05) is 23.9 Å². The van der Waals surface area contributed by atoms with Crippen LogP contribution in [0.25, 0.3) is 0 Å². The molecule has 0 unspecified atom stereocenters. The smallest absolute Gasteiger partial charge is 0.293 e. The van der Waals surface area contributed by atoms with Crippen LogP contribution in [0.3, 0.4) is 0 Å². The number of benzene rings is 1. The highest BCUT2D eigenvalue weighted by molar-refractivity contribution is 7.89. The van der Waals surface area contributed by atoms with E-state index >= 15 is 0 Å². The Labute approximate surface area is 165 Å². The molecule has 10 heteroatoms. The molecule has 0 spiro atoms. The molecular formula is C18H17N3O5S2. The second kappa shape index (κ2) is 7.38. The van der Waals surface area contributed by atoms with E-state index in [1.165, 1.54) is 35.1 Å². The van der Waals surface area contributed by atoms with Gasteiger partial charge in [-0.25, -0.2) is 13.4 Å². The van der Waals surface area contributed by atoms with Gasteiger partial charge in [0.1, 0.15) is 5.75 Å². The third-order valence-corrected chi connectivity index (χ3v) is 7.18. The number of rotatable bonds is 5. The number of nitrogens with one attached hydrogen (secondary N) is 1. The number of aromatic nitrogens is 1. The van der Waals surface area contributed by atoms with E-state index in [0.29, 0.717) is 23.8 Å². The van der Waals surface area contributed by atoms with E-state index in [0.717, 1.165) is 10.6 Å². The van der Waals surface area contributed by atoms with E-state index in [4.69, 9.17) is 9.15 Å². The number of amides is 1. The maximum Gasteiger partial charge on any atom is 0.293 e. The van der Waals surface area contributed by atoms with E-state index in [-0.39, 0.29) is 17.2 Å². The van der Waals surface area contributed by atoms with Crippen LogP contribution in [0.5, 0.6) is 5.75 Å². The monoisotopic (exact) mass is 419 g/mol. The lowest BCUT2D eigenvalue weighted by molar-refractivity contribution is 0.0996. The van der Waals surface area contributed by atoms with Crippen LogP contribution >= 0.6 is 11.3 Å². The number of carbonyl (C=O) groups is 1. The Morgan fingerprint density at radius 1 is 1.32 bits per heavy atom. The summed E-state index contributed by atoms with van der Waals surface area (Å²) in [6.07, 6.45) is 1.90. The lowest BCUT2D eigenvalue weighted by Crippen LogP contribution is -2.35. The predicted molar refractivity (Wildman–Crippen MR) is 103 cm³/mol. The van der Waals surface area contributed by atoms with Crippen molar-refractivity contribution in [3.8, 4) is 5.75 Å². The molecule has 0 saturated carbocycles. The van der Waals surface area contributed by atoms with Gasteiger partial charge in [-0.3, -0.25) is 10.1 Å². The SMILES string of the molecule is COc1cccc(S(=O)(=O)N2CCc3nc(NC(=O)c4ccco4)sc3C2)c1. The first-order valence-electron chi connectivity index (χ1n) is 8.45. The van der Waals surface area contributed by atoms with Gasteiger partial charge in [0.05, 0.1) is 30.5 Å². The Morgan fingerprint density at radius 3 is 2.93 bits per heavy atom. The third-order valence-electron chi connectivity index (χ3n) is 4.34. The first kappa shape index (κ1) is 18.7. The summed E-state index contributed by atoms with van der Waals surface area (Å²) in [6.45, 7) is 0.533. The summed E-state index contributed by atoms with van der Waals surface area (Å²) >= 11 is 1.27. The number of nitrogens with zero attached hydrogens (tertiary/aromatic N) is 2. The number of thiazole rings is 1. The number of hydrogen-bond acceptors (Lipinski definition) is 7. The van der Waals surface area contributed by atoms with Gasteiger partial charge in [0.2, 0.25) is 10.0 Å². The summed E-state index contributed by atoms with van der Waals surface area (Å²) < 4.78 is 37.6. The molecule has 0 bridgehead atoms. The van der Waals surface area contributed by atoms with Crippen LogP contribution in [0.1, 0.15) is 21.1 Å². The van der Waals surface area contributed by atoms with Crippen molar-refractivity contribution in [3.63, 3.8) is 0 Å². The molecule has 3 aromatic rings. The number of methoxy groups -OCH3 is 1. The zero-order chi connectivity index (χ0) is 19.7. The first-order chi connectivity index (χ1) is 13.5. The second-order valence-electron chi connectivity index (χ2n) is 6.09. The lowest BCUT2D eigenvalue weighted by Gasteiger charge is -2.25. The molecule has 1 amide bonds. The predicted octanol–water partition coefficient (Wildman–Crippen LogP) is 2.74. The highest BCUT2D eigenvalue weighted by atomic mass is 32.2. The second-order valence-corrected chi connectivity index (χ2v) is 9.11. The molecule has 1 aliphatic heterocycles. The summed E-state index contributed by atoms with van der Waals surface area (Å²) in [6, 6.07) is 9.59. The fraction of sp³-hybridized carbons (Fsp3) is 0.222. The summed E-state index contributed by atoms with van der Waals surface area (Å²) in [4.78, 5) is 17.5. The van der Waals surface area contributed by atoms with Gasteiger partial charge in [0.25, 0.3) is 5.91 Å². The topological polar surface area (TPSA) is 102 Å². The van der Waals surface area contributed by atoms with Crippen molar-refractivity contribution < 1.29 is 22.4 Å². The molecule has 2 aromatic heterocycles. The zero-order valence-corrected chi connectivity index (χ0v) is 16.5. The third kappa shape index (κ3) is 3.53. The van der Waals surface area contributed by atoms with Gasteiger partial charge in [0.15, 0.2) is 10.9 Å². The molecule has 0 fully saturated rings. The highest BCUT2D eigenvalue weighted by Gasteiger charge is 2.31. The van der Waals surface area contributed by atoms with Crippen molar-refractivity contribution in [2.75, 3.05) is 19.0 Å². The molecule has 1 aromatic carbocycles. The van der Waals surface area contributed by atoms with Crippen LogP contribution in [0.15, 0.2) is 52.0 Å². The molecule has 1 aliphatic rings. The van der Waals surface area contributed by atoms with Crippen LogP contribution in [-0.2, 0) is 23.0 Å². The fourth-order valence-electron chi connectivity index (χ4n) is 2.91. The zero-order valence-electron chi connectivity index (χ0n) is 14.9. The number of hydrogen-bond donors (Lipinski definition) is 1. The van der Waals surface area contributed by atoms with Crippen LogP contribution in [0.4, 0.5) is 5.13 Å². The molecule has 0 aliphatic carbocycles. The van der Waals surface area contributed by atoms with Crippen LogP contribution in [0, 0.1) is 0 Å². The van der Waals surface area contributed by atoms with Crippen LogP contribution in [0.2, 0.25) is 0 Å². The Hall–Kier alpha value is -2.69. The average Bonchev–Trinajstić information content (AvgIpc) is 3.36. The molecule has 28 heavy (non-hydrogen) atoms. The van der Waals surface area contributed by atoms with Crippen LogP contribution < -0.4 is 10.1 Å². The number of carbonyl (C=O) groups excluding carboxylic acids is 1. The highest BCUT2D eigenvalue weighted by Crippen LogP contribution is 2.32. The van der Waals surface area contributed by atoms with Crippen molar-refractivity contribution in [3.05, 3.63) is 59.0 Å². The number of fused-ring (bicyclic) bond motifs is 1. The Balaban J connectivity index is 1.53. The first-order valence-corrected chi connectivity index (χ1v) is 10.7. The normalized spacial score (nSPS) is 14.5. The van der Waals surface area contributed by atoms with E-state index in [2.05, 4.69) is 10.3 Å². The maximum absolute atomic E-state index is 13.0. The number of sulfonamides is 1. The van der Waals surface area contributed by atoms with Gasteiger partial charge in [-0.1, -0.05) is 6.07 Å². The number of ether oxygens (including phenoxy) is 1. The minimum absolute atomic E-state index is 0.186. The van der Waals surface area contributed by atoms with E-state index < -0.39 is 15.9 Å².